The van der Waals surface area contributed by atoms with Crippen molar-refractivity contribution in [1.29, 1.82) is 0 Å². The molecule has 2 saturated heterocycles. The minimum atomic E-state index is -0.269. The number of hydrogen-bond donors (Lipinski definition) is 0. The average molecular weight is 431 g/mol. The minimum absolute atomic E-state index is 0.0612. The zero-order chi connectivity index (χ0) is 22.4. The number of amides is 1. The summed E-state index contributed by atoms with van der Waals surface area (Å²) in [7, 11) is 0. The van der Waals surface area contributed by atoms with Gasteiger partial charge in [-0.05, 0) is 52.0 Å². The molecule has 0 aliphatic carbocycles. The smallest absolute Gasteiger partial charge is 0.410 e. The maximum absolute atomic E-state index is 13.0. The number of ether oxygens (including phenoxy) is 2. The SMILES string of the molecule is CCC1CCN(C(C)(C)C)C(COC2CCN(C(=O)OCc3ccccc3)CC2)C1=O. The molecule has 0 saturated carbocycles. The number of likely N-dealkylation sites (tertiary alicyclic amines) is 2. The number of benzene rings is 1. The summed E-state index contributed by atoms with van der Waals surface area (Å²) >= 11 is 0. The van der Waals surface area contributed by atoms with Gasteiger partial charge < -0.3 is 14.4 Å². The van der Waals surface area contributed by atoms with Crippen molar-refractivity contribution in [2.24, 2.45) is 5.92 Å². The highest BCUT2D eigenvalue weighted by atomic mass is 16.6. The Bertz CT molecular complexity index is 723. The van der Waals surface area contributed by atoms with Crippen LogP contribution in [0.2, 0.25) is 0 Å². The first kappa shape index (κ1) is 23.7. The molecule has 2 aliphatic rings. The second-order valence-corrected chi connectivity index (χ2v) is 9.74. The van der Waals surface area contributed by atoms with Crippen LogP contribution in [0, 0.1) is 5.92 Å². The first-order valence-corrected chi connectivity index (χ1v) is 11.7. The van der Waals surface area contributed by atoms with Gasteiger partial charge in [0.1, 0.15) is 6.61 Å². The fraction of sp³-hybridized carbons (Fsp3) is 0.680. The molecule has 1 amide bonds. The van der Waals surface area contributed by atoms with Gasteiger partial charge in [-0.2, -0.15) is 0 Å². The fourth-order valence-corrected chi connectivity index (χ4v) is 4.64. The summed E-state index contributed by atoms with van der Waals surface area (Å²) < 4.78 is 11.7. The number of ketones is 1. The van der Waals surface area contributed by atoms with E-state index in [1.165, 1.54) is 0 Å². The minimum Gasteiger partial charge on any atom is -0.445 e. The van der Waals surface area contributed by atoms with E-state index in [0.717, 1.165) is 37.8 Å². The van der Waals surface area contributed by atoms with Crippen molar-refractivity contribution in [1.82, 2.24) is 9.80 Å². The molecule has 2 unspecified atom stereocenters. The summed E-state index contributed by atoms with van der Waals surface area (Å²) in [5.41, 5.74) is 0.925. The van der Waals surface area contributed by atoms with Crippen LogP contribution >= 0.6 is 0 Å². The summed E-state index contributed by atoms with van der Waals surface area (Å²) in [6.45, 7) is 11.5. The Hall–Kier alpha value is -1.92. The number of carbonyl (C=O) groups is 2. The van der Waals surface area contributed by atoms with Gasteiger partial charge in [0.15, 0.2) is 5.78 Å². The number of nitrogens with zero attached hydrogens (tertiary/aromatic N) is 2. The molecule has 31 heavy (non-hydrogen) atoms. The Kier molecular flexibility index (Phi) is 8.11. The number of carbonyl (C=O) groups excluding carboxylic acids is 2. The van der Waals surface area contributed by atoms with E-state index in [1.807, 2.05) is 30.3 Å². The highest BCUT2D eigenvalue weighted by molar-refractivity contribution is 5.87. The third kappa shape index (κ3) is 6.30. The van der Waals surface area contributed by atoms with Crippen LogP contribution < -0.4 is 0 Å². The molecule has 172 valence electrons. The molecule has 1 aromatic carbocycles. The molecule has 0 aromatic heterocycles. The predicted molar refractivity (Wildman–Crippen MR) is 121 cm³/mol. The second-order valence-electron chi connectivity index (χ2n) is 9.74. The van der Waals surface area contributed by atoms with Crippen LogP contribution in [0.4, 0.5) is 4.79 Å². The summed E-state index contributed by atoms with van der Waals surface area (Å²) in [4.78, 5) is 29.4. The van der Waals surface area contributed by atoms with Gasteiger partial charge >= 0.3 is 6.09 Å². The van der Waals surface area contributed by atoms with E-state index < -0.39 is 0 Å². The van der Waals surface area contributed by atoms with Crippen LogP contribution in [0.1, 0.15) is 58.9 Å². The maximum Gasteiger partial charge on any atom is 0.410 e. The number of piperidine rings is 2. The van der Waals surface area contributed by atoms with E-state index in [9.17, 15) is 9.59 Å². The first-order chi connectivity index (χ1) is 14.8. The summed E-state index contributed by atoms with van der Waals surface area (Å²) in [5.74, 6) is 0.471. The molecule has 0 radical (unpaired) electrons. The van der Waals surface area contributed by atoms with Gasteiger partial charge in [0.25, 0.3) is 0 Å². The van der Waals surface area contributed by atoms with Crippen molar-refractivity contribution in [3.05, 3.63) is 35.9 Å². The number of Topliss-reactive ketones (excluding diaryl/α,β-unsaturated/α-hetero) is 1. The molecular weight excluding hydrogens is 392 g/mol. The third-order valence-corrected chi connectivity index (χ3v) is 6.58. The molecule has 3 rings (SSSR count). The third-order valence-electron chi connectivity index (χ3n) is 6.58. The van der Waals surface area contributed by atoms with Crippen LogP contribution in [0.3, 0.4) is 0 Å². The van der Waals surface area contributed by atoms with Gasteiger partial charge in [-0.3, -0.25) is 9.69 Å². The van der Waals surface area contributed by atoms with E-state index >= 15 is 0 Å². The topological polar surface area (TPSA) is 59.1 Å². The lowest BCUT2D eigenvalue weighted by Crippen LogP contribution is -2.59. The zero-order valence-electron chi connectivity index (χ0n) is 19.5. The average Bonchev–Trinajstić information content (AvgIpc) is 2.76. The van der Waals surface area contributed by atoms with Gasteiger partial charge in [0.2, 0.25) is 0 Å². The second kappa shape index (κ2) is 10.6. The fourth-order valence-electron chi connectivity index (χ4n) is 4.64. The molecule has 2 heterocycles. The molecule has 1 aromatic rings. The predicted octanol–water partition coefficient (Wildman–Crippen LogP) is 4.27. The Labute approximate surface area is 186 Å². The lowest BCUT2D eigenvalue weighted by molar-refractivity contribution is -0.141. The van der Waals surface area contributed by atoms with Crippen molar-refractivity contribution < 1.29 is 19.1 Å². The summed E-state index contributed by atoms with van der Waals surface area (Å²) in [5, 5.41) is 0. The zero-order valence-corrected chi connectivity index (χ0v) is 19.5. The van der Waals surface area contributed by atoms with Crippen LogP contribution in [-0.2, 0) is 20.9 Å². The standard InChI is InChI=1S/C25H38N2O4/c1-5-20-11-16-27(25(2,3)4)22(23(20)28)18-30-21-12-14-26(15-13-21)24(29)31-17-19-9-7-6-8-10-19/h6-10,20-22H,5,11-18H2,1-4H3. The molecule has 2 fully saturated rings. The number of hydrogen-bond acceptors (Lipinski definition) is 5. The maximum atomic E-state index is 13.0. The molecule has 6 nitrogen and oxygen atoms in total. The molecule has 0 bridgehead atoms. The molecule has 2 aliphatic heterocycles. The first-order valence-electron chi connectivity index (χ1n) is 11.7. The van der Waals surface area contributed by atoms with Gasteiger partial charge in [-0.15, -0.1) is 0 Å². The van der Waals surface area contributed by atoms with Crippen molar-refractivity contribution >= 4 is 11.9 Å². The highest BCUT2D eigenvalue weighted by Gasteiger charge is 2.41. The van der Waals surface area contributed by atoms with Crippen LogP contribution in [0.5, 0.6) is 0 Å². The molecule has 0 spiro atoms. The van der Waals surface area contributed by atoms with E-state index in [0.29, 0.717) is 32.1 Å². The Morgan fingerprint density at radius 3 is 2.35 bits per heavy atom. The highest BCUT2D eigenvalue weighted by Crippen LogP contribution is 2.29. The monoisotopic (exact) mass is 430 g/mol. The molecular formula is C25H38N2O4. The van der Waals surface area contributed by atoms with Crippen LogP contribution in [-0.4, -0.2) is 65.6 Å². The van der Waals surface area contributed by atoms with Gasteiger partial charge in [0, 0.05) is 31.1 Å². The van der Waals surface area contributed by atoms with Crippen molar-refractivity contribution in [3.63, 3.8) is 0 Å². The molecule has 6 heteroatoms. The Morgan fingerprint density at radius 1 is 1.06 bits per heavy atom. The van der Waals surface area contributed by atoms with E-state index in [4.69, 9.17) is 9.47 Å². The van der Waals surface area contributed by atoms with Gasteiger partial charge in [-0.1, -0.05) is 37.3 Å². The summed E-state index contributed by atoms with van der Waals surface area (Å²) in [6, 6.07) is 9.54. The normalized spacial score (nSPS) is 23.7. The quantitative estimate of drug-likeness (QED) is 0.674. The van der Waals surface area contributed by atoms with Crippen molar-refractivity contribution in [2.45, 2.75) is 77.7 Å². The molecule has 0 N–H and O–H groups in total. The lowest BCUT2D eigenvalue weighted by Gasteiger charge is -2.46. The largest absolute Gasteiger partial charge is 0.445 e. The van der Waals surface area contributed by atoms with Crippen LogP contribution in [0.15, 0.2) is 30.3 Å². The van der Waals surface area contributed by atoms with Gasteiger partial charge in [-0.25, -0.2) is 4.79 Å². The lowest BCUT2D eigenvalue weighted by atomic mass is 9.85. The Morgan fingerprint density at radius 2 is 1.74 bits per heavy atom. The molecule has 2 atom stereocenters. The van der Waals surface area contributed by atoms with Crippen LogP contribution in [0.25, 0.3) is 0 Å². The van der Waals surface area contributed by atoms with Crippen molar-refractivity contribution in [3.8, 4) is 0 Å². The Balaban J connectivity index is 1.46. The number of rotatable bonds is 6. The van der Waals surface area contributed by atoms with E-state index in [1.54, 1.807) is 4.90 Å². The van der Waals surface area contributed by atoms with Crippen molar-refractivity contribution in [2.75, 3.05) is 26.2 Å². The van der Waals surface area contributed by atoms with Gasteiger partial charge in [0.05, 0.1) is 18.8 Å². The summed E-state index contributed by atoms with van der Waals surface area (Å²) in [6.07, 6.45) is 3.19. The van der Waals surface area contributed by atoms with E-state index in [2.05, 4.69) is 32.6 Å². The van der Waals surface area contributed by atoms with E-state index in [-0.39, 0.29) is 29.7 Å².